The van der Waals surface area contributed by atoms with Crippen LogP contribution in [0.25, 0.3) is 10.8 Å². The fourth-order valence-corrected chi connectivity index (χ4v) is 3.71. The summed E-state index contributed by atoms with van der Waals surface area (Å²) in [7, 11) is 0. The average Bonchev–Trinajstić information content (AvgIpc) is 3.33. The molecule has 0 aliphatic heterocycles. The number of rotatable bonds is 6. The van der Waals surface area contributed by atoms with Gasteiger partial charge in [0, 0.05) is 16.5 Å². The van der Waals surface area contributed by atoms with Gasteiger partial charge in [0.1, 0.15) is 11.9 Å². The quantitative estimate of drug-likeness (QED) is 0.367. The molecule has 1 heterocycles. The van der Waals surface area contributed by atoms with E-state index in [1.807, 2.05) is 0 Å². The molecule has 8 heteroatoms. The predicted octanol–water partition coefficient (Wildman–Crippen LogP) is 5.67. The van der Waals surface area contributed by atoms with Gasteiger partial charge in [0.25, 0.3) is 5.91 Å². The summed E-state index contributed by atoms with van der Waals surface area (Å²) in [5.74, 6) is -1.02. The summed E-state index contributed by atoms with van der Waals surface area (Å²) in [6, 6.07) is 14.2. The molecule has 2 atom stereocenters. The number of halogens is 4. The second kappa shape index (κ2) is 9.07. The lowest BCUT2D eigenvalue weighted by Gasteiger charge is -2.24. The molecular formula is C25H19F4NO3. The third kappa shape index (κ3) is 4.90. The van der Waals surface area contributed by atoms with E-state index in [1.165, 1.54) is 42.9 Å². The van der Waals surface area contributed by atoms with E-state index in [4.69, 9.17) is 4.42 Å². The zero-order valence-electron chi connectivity index (χ0n) is 17.1. The molecule has 1 aromatic heterocycles. The summed E-state index contributed by atoms with van der Waals surface area (Å²) in [4.78, 5) is 13.1. The van der Waals surface area contributed by atoms with Gasteiger partial charge in [-0.2, -0.15) is 13.2 Å². The maximum atomic E-state index is 14.1. The van der Waals surface area contributed by atoms with Gasteiger partial charge in [-0.25, -0.2) is 4.39 Å². The molecule has 0 saturated carbocycles. The highest BCUT2D eigenvalue weighted by atomic mass is 19.4. The van der Waals surface area contributed by atoms with Gasteiger partial charge >= 0.3 is 6.18 Å². The van der Waals surface area contributed by atoms with Gasteiger partial charge < -0.3 is 14.8 Å². The van der Waals surface area contributed by atoms with Crippen molar-refractivity contribution in [1.82, 2.24) is 5.32 Å². The molecule has 170 valence electrons. The van der Waals surface area contributed by atoms with Gasteiger partial charge in [0.15, 0.2) is 0 Å². The van der Waals surface area contributed by atoms with E-state index >= 15 is 0 Å². The molecule has 4 aromatic rings. The van der Waals surface area contributed by atoms with E-state index in [0.29, 0.717) is 16.5 Å². The normalized spacial score (nSPS) is 13.6. The molecule has 4 rings (SSSR count). The third-order valence-electron chi connectivity index (χ3n) is 5.43. The van der Waals surface area contributed by atoms with Crippen LogP contribution in [-0.2, 0) is 12.6 Å². The number of furan rings is 1. The van der Waals surface area contributed by atoms with Gasteiger partial charge in [-0.05, 0) is 47.7 Å². The van der Waals surface area contributed by atoms with Crippen LogP contribution in [0, 0.1) is 5.82 Å². The molecule has 0 spiro atoms. The monoisotopic (exact) mass is 457 g/mol. The number of amides is 1. The average molecular weight is 457 g/mol. The van der Waals surface area contributed by atoms with E-state index in [-0.39, 0.29) is 17.4 Å². The Hall–Kier alpha value is -3.65. The summed E-state index contributed by atoms with van der Waals surface area (Å²) >= 11 is 0. The highest BCUT2D eigenvalue weighted by Gasteiger charge is 2.30. The lowest BCUT2D eigenvalue weighted by Crippen LogP contribution is -2.41. The third-order valence-corrected chi connectivity index (χ3v) is 5.43. The minimum Gasteiger partial charge on any atom is -0.472 e. The SMILES string of the molecule is O=C(NC(Cc1ccc(C(F)(F)F)cc1)C(O)c1ccoc1)c1ccc(F)c2ccccc12. The van der Waals surface area contributed by atoms with Gasteiger partial charge in [-0.3, -0.25) is 4.79 Å². The first kappa shape index (κ1) is 22.5. The van der Waals surface area contributed by atoms with Crippen LogP contribution in [0.5, 0.6) is 0 Å². The lowest BCUT2D eigenvalue weighted by molar-refractivity contribution is -0.137. The molecule has 0 saturated heterocycles. The Morgan fingerprint density at radius 2 is 1.67 bits per heavy atom. The number of benzene rings is 3. The topological polar surface area (TPSA) is 62.5 Å². The molecule has 0 fully saturated rings. The van der Waals surface area contributed by atoms with E-state index in [9.17, 15) is 27.5 Å². The molecule has 2 unspecified atom stereocenters. The Balaban J connectivity index is 1.63. The van der Waals surface area contributed by atoms with Crippen LogP contribution in [0.3, 0.4) is 0 Å². The highest BCUT2D eigenvalue weighted by molar-refractivity contribution is 6.07. The zero-order valence-corrected chi connectivity index (χ0v) is 17.1. The Kier molecular flexibility index (Phi) is 6.20. The van der Waals surface area contributed by atoms with Crippen molar-refractivity contribution in [2.24, 2.45) is 0 Å². The summed E-state index contributed by atoms with van der Waals surface area (Å²) in [5, 5.41) is 14.3. The van der Waals surface area contributed by atoms with Gasteiger partial charge in [0.05, 0.1) is 24.1 Å². The Bertz CT molecular complexity index is 1250. The number of fused-ring (bicyclic) bond motifs is 1. The Morgan fingerprint density at radius 3 is 2.30 bits per heavy atom. The van der Waals surface area contributed by atoms with Crippen molar-refractivity contribution in [2.75, 3.05) is 0 Å². The fraction of sp³-hybridized carbons (Fsp3) is 0.160. The standard InChI is InChI=1S/C25H19F4NO3/c26-21-10-9-20(18-3-1-2-4-19(18)21)24(32)30-22(23(31)16-11-12-33-14-16)13-15-5-7-17(8-6-15)25(27,28)29/h1-12,14,22-23,31H,13H2,(H,30,32). The number of carbonyl (C=O) groups excluding carboxylic acids is 1. The van der Waals surface area contributed by atoms with Crippen molar-refractivity contribution in [3.63, 3.8) is 0 Å². The molecule has 3 aromatic carbocycles. The minimum absolute atomic E-state index is 0.0509. The van der Waals surface area contributed by atoms with E-state index < -0.39 is 35.6 Å². The first-order valence-corrected chi connectivity index (χ1v) is 10.1. The molecule has 33 heavy (non-hydrogen) atoms. The van der Waals surface area contributed by atoms with Crippen molar-refractivity contribution >= 4 is 16.7 Å². The summed E-state index contributed by atoms with van der Waals surface area (Å²) < 4.78 is 57.8. The second-order valence-electron chi connectivity index (χ2n) is 7.62. The van der Waals surface area contributed by atoms with Crippen LogP contribution in [0.2, 0.25) is 0 Å². The number of aliphatic hydroxyl groups is 1. The van der Waals surface area contributed by atoms with Crippen molar-refractivity contribution in [3.05, 3.63) is 107 Å². The smallest absolute Gasteiger partial charge is 0.416 e. The lowest BCUT2D eigenvalue weighted by atomic mass is 9.96. The molecule has 0 aliphatic rings. The molecular weight excluding hydrogens is 438 g/mol. The van der Waals surface area contributed by atoms with Gasteiger partial charge in [0.2, 0.25) is 0 Å². The van der Waals surface area contributed by atoms with E-state index in [0.717, 1.165) is 12.1 Å². The van der Waals surface area contributed by atoms with E-state index in [1.54, 1.807) is 24.3 Å². The van der Waals surface area contributed by atoms with Crippen LogP contribution in [0.1, 0.15) is 33.2 Å². The fourth-order valence-electron chi connectivity index (χ4n) is 3.71. The second-order valence-corrected chi connectivity index (χ2v) is 7.62. The number of alkyl halides is 3. The van der Waals surface area contributed by atoms with Crippen LogP contribution in [0.15, 0.2) is 83.7 Å². The Morgan fingerprint density at radius 1 is 0.970 bits per heavy atom. The molecule has 0 radical (unpaired) electrons. The van der Waals surface area contributed by atoms with E-state index in [2.05, 4.69) is 5.32 Å². The van der Waals surface area contributed by atoms with Gasteiger partial charge in [-0.1, -0.05) is 36.4 Å². The number of aliphatic hydroxyl groups excluding tert-OH is 1. The first-order valence-electron chi connectivity index (χ1n) is 10.1. The van der Waals surface area contributed by atoms with Gasteiger partial charge in [-0.15, -0.1) is 0 Å². The number of nitrogens with one attached hydrogen (secondary N) is 1. The summed E-state index contributed by atoms with van der Waals surface area (Å²) in [6.45, 7) is 0. The van der Waals surface area contributed by atoms with Crippen molar-refractivity contribution in [1.29, 1.82) is 0 Å². The van der Waals surface area contributed by atoms with Crippen LogP contribution >= 0.6 is 0 Å². The molecule has 0 bridgehead atoms. The van der Waals surface area contributed by atoms with Crippen LogP contribution in [-0.4, -0.2) is 17.1 Å². The largest absolute Gasteiger partial charge is 0.472 e. The van der Waals surface area contributed by atoms with Crippen molar-refractivity contribution in [3.8, 4) is 0 Å². The minimum atomic E-state index is -4.47. The molecule has 4 nitrogen and oxygen atoms in total. The van der Waals surface area contributed by atoms with Crippen molar-refractivity contribution in [2.45, 2.75) is 24.7 Å². The maximum absolute atomic E-state index is 14.1. The zero-order chi connectivity index (χ0) is 23.6. The Labute approximate surface area is 186 Å². The molecule has 0 aliphatic carbocycles. The number of hydrogen-bond donors (Lipinski definition) is 2. The first-order chi connectivity index (χ1) is 15.7. The maximum Gasteiger partial charge on any atom is 0.416 e. The molecule has 1 amide bonds. The predicted molar refractivity (Wildman–Crippen MR) is 114 cm³/mol. The summed E-state index contributed by atoms with van der Waals surface area (Å²) in [6.07, 6.45) is -2.92. The number of carbonyl (C=O) groups is 1. The summed E-state index contributed by atoms with van der Waals surface area (Å²) in [5.41, 5.74) is 0.305. The van der Waals surface area contributed by atoms with Crippen LogP contribution in [0.4, 0.5) is 17.6 Å². The highest BCUT2D eigenvalue weighted by Crippen LogP contribution is 2.30. The van der Waals surface area contributed by atoms with Crippen LogP contribution < -0.4 is 5.32 Å². The molecule has 2 N–H and O–H groups in total. The number of hydrogen-bond acceptors (Lipinski definition) is 3. The van der Waals surface area contributed by atoms with Crippen molar-refractivity contribution < 1.29 is 31.9 Å².